The molecule has 4 aromatic rings. The molecule has 2 aliphatic rings. The summed E-state index contributed by atoms with van der Waals surface area (Å²) in [6.45, 7) is 4.38. The molecule has 2 saturated heterocycles. The molecule has 0 spiro atoms. The first-order valence-electron chi connectivity index (χ1n) is 13.1. The molecule has 39 heavy (non-hydrogen) atoms. The van der Waals surface area contributed by atoms with E-state index >= 15 is 0 Å². The second kappa shape index (κ2) is 10.5. The summed E-state index contributed by atoms with van der Waals surface area (Å²) in [5.74, 6) is -0.590. The van der Waals surface area contributed by atoms with Crippen LogP contribution in [0.2, 0.25) is 0 Å². The highest BCUT2D eigenvalue weighted by Crippen LogP contribution is 2.27. The molecule has 2 aromatic carbocycles. The first-order chi connectivity index (χ1) is 18.9. The van der Waals surface area contributed by atoms with Gasteiger partial charge in [0.15, 0.2) is 5.65 Å². The zero-order chi connectivity index (χ0) is 27.0. The number of morpholine rings is 1. The van der Waals surface area contributed by atoms with Crippen molar-refractivity contribution in [1.29, 1.82) is 0 Å². The van der Waals surface area contributed by atoms with E-state index in [-0.39, 0.29) is 23.7 Å². The first-order valence-corrected chi connectivity index (χ1v) is 13.1. The highest BCUT2D eigenvalue weighted by molar-refractivity contribution is 5.75. The van der Waals surface area contributed by atoms with Crippen LogP contribution >= 0.6 is 0 Å². The molecule has 204 valence electrons. The molecule has 11 heteroatoms. The summed E-state index contributed by atoms with van der Waals surface area (Å²) in [6.07, 6.45) is 3.90. The molecule has 2 fully saturated rings. The number of aliphatic hydroxyl groups is 1. The lowest BCUT2D eigenvalue weighted by atomic mass is 9.91. The van der Waals surface area contributed by atoms with Crippen LogP contribution in [0, 0.1) is 11.6 Å². The molecule has 0 unspecified atom stereocenters. The summed E-state index contributed by atoms with van der Waals surface area (Å²) >= 11 is 0. The van der Waals surface area contributed by atoms with Crippen molar-refractivity contribution in [2.24, 2.45) is 0 Å². The maximum Gasteiger partial charge on any atom is 0.264 e. The van der Waals surface area contributed by atoms with Crippen LogP contribution in [0.25, 0.3) is 16.7 Å². The van der Waals surface area contributed by atoms with Crippen molar-refractivity contribution in [3.8, 4) is 5.69 Å². The largest absolute Gasteiger partial charge is 0.388 e. The number of nitrogens with zero attached hydrogens (tertiary/aromatic N) is 6. The molecular formula is C28H30F2N6O3. The normalized spacial score (nSPS) is 18.1. The maximum atomic E-state index is 14.6. The Morgan fingerprint density at radius 1 is 1.00 bits per heavy atom. The fourth-order valence-electron chi connectivity index (χ4n) is 5.38. The minimum Gasteiger partial charge on any atom is -0.388 e. The Bertz CT molecular complexity index is 1520. The van der Waals surface area contributed by atoms with Gasteiger partial charge in [0.2, 0.25) is 0 Å². The van der Waals surface area contributed by atoms with E-state index in [9.17, 15) is 18.7 Å². The van der Waals surface area contributed by atoms with Gasteiger partial charge in [-0.2, -0.15) is 5.10 Å². The number of halogens is 2. The zero-order valence-corrected chi connectivity index (χ0v) is 21.5. The Morgan fingerprint density at radius 3 is 2.49 bits per heavy atom. The second-order valence-electron chi connectivity index (χ2n) is 10.3. The van der Waals surface area contributed by atoms with Crippen molar-refractivity contribution < 1.29 is 18.6 Å². The lowest BCUT2D eigenvalue weighted by Gasteiger charge is -2.38. The van der Waals surface area contributed by atoms with E-state index in [2.05, 4.69) is 15.0 Å². The zero-order valence-electron chi connectivity index (χ0n) is 21.5. The highest BCUT2D eigenvalue weighted by Gasteiger charge is 2.33. The molecule has 1 N–H and O–H groups in total. The third kappa shape index (κ3) is 5.29. The van der Waals surface area contributed by atoms with Crippen molar-refractivity contribution in [1.82, 2.24) is 24.2 Å². The third-order valence-electron chi connectivity index (χ3n) is 7.65. The van der Waals surface area contributed by atoms with Crippen molar-refractivity contribution in [2.75, 3.05) is 44.3 Å². The molecule has 2 aliphatic heterocycles. The van der Waals surface area contributed by atoms with E-state index in [1.165, 1.54) is 40.0 Å². The number of fused-ring (bicyclic) bond motifs is 1. The maximum absolute atomic E-state index is 14.6. The fourth-order valence-corrected chi connectivity index (χ4v) is 5.38. The number of likely N-dealkylation sites (tertiary alicyclic amines) is 1. The quantitative estimate of drug-likeness (QED) is 0.406. The molecule has 0 bridgehead atoms. The molecule has 0 amide bonds. The van der Waals surface area contributed by atoms with Gasteiger partial charge in [0.05, 0.1) is 42.9 Å². The third-order valence-corrected chi connectivity index (χ3v) is 7.65. The summed E-state index contributed by atoms with van der Waals surface area (Å²) in [6, 6.07) is 11.2. The van der Waals surface area contributed by atoms with E-state index in [4.69, 9.17) is 4.74 Å². The van der Waals surface area contributed by atoms with Crippen LogP contribution in [-0.2, 0) is 17.8 Å². The van der Waals surface area contributed by atoms with Gasteiger partial charge in [0.1, 0.15) is 23.3 Å². The molecule has 0 aliphatic carbocycles. The second-order valence-corrected chi connectivity index (χ2v) is 10.3. The number of ether oxygens (including phenoxy) is 1. The van der Waals surface area contributed by atoms with Crippen LogP contribution < -0.4 is 10.5 Å². The Hall–Kier alpha value is -3.67. The Kier molecular flexibility index (Phi) is 6.88. The fraction of sp³-hybridized carbons (Fsp3) is 0.393. The Labute approximate surface area is 223 Å². The van der Waals surface area contributed by atoms with E-state index < -0.39 is 5.60 Å². The summed E-state index contributed by atoms with van der Waals surface area (Å²) in [5, 5.41) is 16.0. The van der Waals surface area contributed by atoms with E-state index in [1.54, 1.807) is 24.3 Å². The van der Waals surface area contributed by atoms with Crippen molar-refractivity contribution in [3.63, 3.8) is 0 Å². The van der Waals surface area contributed by atoms with Crippen LogP contribution in [0.4, 0.5) is 14.5 Å². The smallest absolute Gasteiger partial charge is 0.264 e. The minimum atomic E-state index is -1.04. The summed E-state index contributed by atoms with van der Waals surface area (Å²) in [7, 11) is 0. The van der Waals surface area contributed by atoms with Gasteiger partial charge in [-0.25, -0.2) is 18.4 Å². The van der Waals surface area contributed by atoms with Gasteiger partial charge in [0.25, 0.3) is 5.56 Å². The number of benzene rings is 2. The molecule has 2 aromatic heterocycles. The molecular weight excluding hydrogens is 506 g/mol. The average molecular weight is 537 g/mol. The number of aromatic nitrogens is 4. The number of piperidine rings is 1. The number of rotatable bonds is 6. The van der Waals surface area contributed by atoms with Gasteiger partial charge in [0, 0.05) is 32.7 Å². The molecule has 4 heterocycles. The van der Waals surface area contributed by atoms with Crippen LogP contribution in [0.1, 0.15) is 18.4 Å². The molecule has 9 nitrogen and oxygen atoms in total. The molecule has 6 rings (SSSR count). The number of anilines is 1. The Morgan fingerprint density at radius 2 is 1.74 bits per heavy atom. The van der Waals surface area contributed by atoms with Crippen LogP contribution in [0.15, 0.2) is 59.8 Å². The highest BCUT2D eigenvalue weighted by atomic mass is 19.1. The average Bonchev–Trinajstić information content (AvgIpc) is 3.39. The van der Waals surface area contributed by atoms with Crippen LogP contribution in [-0.4, -0.2) is 74.3 Å². The van der Waals surface area contributed by atoms with E-state index in [1.807, 2.05) is 4.90 Å². The molecule has 0 atom stereocenters. The van der Waals surface area contributed by atoms with Crippen molar-refractivity contribution in [2.45, 2.75) is 31.5 Å². The van der Waals surface area contributed by atoms with E-state index in [0.29, 0.717) is 81.2 Å². The van der Waals surface area contributed by atoms with E-state index in [0.717, 1.165) is 5.56 Å². The summed E-state index contributed by atoms with van der Waals surface area (Å²) in [5.41, 5.74) is 1.12. The standard InChI is InChI=1S/C28H30F2N6O3/c29-21-3-1-20(2-4-21)17-33-9-7-28(38,8-10-33)18-35-19-31-26-23(27(35)37)16-32-36(26)22-5-6-24(30)25(15-22)34-11-13-39-14-12-34/h1-6,15-16,19,38H,7-14,17-18H2. The predicted molar refractivity (Wildman–Crippen MR) is 142 cm³/mol. The lowest BCUT2D eigenvalue weighted by Crippen LogP contribution is -2.47. The van der Waals surface area contributed by atoms with Crippen molar-refractivity contribution >= 4 is 16.7 Å². The molecule has 0 saturated carbocycles. The topological polar surface area (TPSA) is 88.7 Å². The van der Waals surface area contributed by atoms with Gasteiger partial charge >= 0.3 is 0 Å². The number of hydrogen-bond donors (Lipinski definition) is 1. The van der Waals surface area contributed by atoms with Crippen molar-refractivity contribution in [3.05, 3.63) is 82.5 Å². The summed E-state index contributed by atoms with van der Waals surface area (Å²) < 4.78 is 36.2. The van der Waals surface area contributed by atoms with Gasteiger partial charge in [-0.15, -0.1) is 0 Å². The summed E-state index contributed by atoms with van der Waals surface area (Å²) in [4.78, 5) is 22.0. The van der Waals surface area contributed by atoms with Gasteiger partial charge in [-0.05, 0) is 48.7 Å². The van der Waals surface area contributed by atoms with Crippen LogP contribution in [0.5, 0.6) is 0 Å². The SMILES string of the molecule is O=c1c2cnn(-c3ccc(F)c(N4CCOCC4)c3)c2ncn1CC1(O)CCN(Cc2ccc(F)cc2)CC1. The van der Waals surface area contributed by atoms with Gasteiger partial charge < -0.3 is 14.7 Å². The minimum absolute atomic E-state index is 0.127. The monoisotopic (exact) mass is 536 g/mol. The lowest BCUT2D eigenvalue weighted by molar-refractivity contribution is -0.0364. The predicted octanol–water partition coefficient (Wildman–Crippen LogP) is 2.72. The van der Waals surface area contributed by atoms with Gasteiger partial charge in [-0.3, -0.25) is 14.3 Å². The Balaban J connectivity index is 1.18. The first kappa shape index (κ1) is 25.6. The van der Waals surface area contributed by atoms with Crippen LogP contribution in [0.3, 0.4) is 0 Å². The molecule has 0 radical (unpaired) electrons. The number of hydrogen-bond acceptors (Lipinski definition) is 7. The van der Waals surface area contributed by atoms with Gasteiger partial charge in [-0.1, -0.05) is 12.1 Å².